The number of ether oxygens (including phenoxy) is 1. The predicted molar refractivity (Wildman–Crippen MR) is 116 cm³/mol. The van der Waals surface area contributed by atoms with Crippen molar-refractivity contribution in [3.05, 3.63) is 23.8 Å². The number of aryl methyl sites for hydroxylation is 1. The van der Waals surface area contributed by atoms with Crippen molar-refractivity contribution in [3.63, 3.8) is 0 Å². The predicted octanol–water partition coefficient (Wildman–Crippen LogP) is 7.52. The molecule has 0 saturated carbocycles. The smallest absolute Gasteiger partial charge is 0.123 e. The third kappa shape index (κ3) is 7.76. The number of hydrogen-bond acceptors (Lipinski definition) is 2. The molecule has 0 aromatic heterocycles. The number of rotatable bonds is 12. The van der Waals surface area contributed by atoms with Gasteiger partial charge in [0, 0.05) is 0 Å². The zero-order chi connectivity index (χ0) is 19.6. The SMILES string of the molecule is CCCCCC(C)C(C)CCCCC(C)CC1CCc2cc(O)ccc2O1. The average Bonchev–Trinajstić information content (AvgIpc) is 2.65. The van der Waals surface area contributed by atoms with E-state index in [9.17, 15) is 5.11 Å². The third-order valence-electron chi connectivity index (χ3n) is 6.58. The summed E-state index contributed by atoms with van der Waals surface area (Å²) in [6, 6.07) is 5.50. The van der Waals surface area contributed by atoms with Crippen LogP contribution in [0.25, 0.3) is 0 Å². The normalized spacial score (nSPS) is 19.8. The van der Waals surface area contributed by atoms with E-state index in [4.69, 9.17) is 4.74 Å². The van der Waals surface area contributed by atoms with E-state index in [2.05, 4.69) is 27.7 Å². The largest absolute Gasteiger partial charge is 0.508 e. The first-order valence-electron chi connectivity index (χ1n) is 11.5. The van der Waals surface area contributed by atoms with E-state index in [1.807, 2.05) is 12.1 Å². The van der Waals surface area contributed by atoms with E-state index in [0.29, 0.717) is 11.9 Å². The van der Waals surface area contributed by atoms with E-state index in [0.717, 1.165) is 48.3 Å². The highest BCUT2D eigenvalue weighted by molar-refractivity contribution is 5.40. The Morgan fingerprint density at radius 3 is 2.37 bits per heavy atom. The molecule has 1 aliphatic heterocycles. The zero-order valence-electron chi connectivity index (χ0n) is 18.2. The second kappa shape index (κ2) is 11.6. The minimum Gasteiger partial charge on any atom is -0.508 e. The second-order valence-corrected chi connectivity index (χ2v) is 9.15. The van der Waals surface area contributed by atoms with Crippen molar-refractivity contribution >= 4 is 0 Å². The van der Waals surface area contributed by atoms with Crippen molar-refractivity contribution in [2.45, 2.75) is 104 Å². The number of hydrogen-bond donors (Lipinski definition) is 1. The van der Waals surface area contributed by atoms with E-state index >= 15 is 0 Å². The van der Waals surface area contributed by atoms with Gasteiger partial charge in [0.2, 0.25) is 0 Å². The molecule has 1 aromatic carbocycles. The number of aromatic hydroxyl groups is 1. The van der Waals surface area contributed by atoms with Gasteiger partial charge in [-0.05, 0) is 60.8 Å². The molecule has 0 saturated heterocycles. The van der Waals surface area contributed by atoms with Crippen LogP contribution in [0.15, 0.2) is 18.2 Å². The molecular weight excluding hydrogens is 332 g/mol. The van der Waals surface area contributed by atoms with Crippen molar-refractivity contribution in [3.8, 4) is 11.5 Å². The Bertz CT molecular complexity index is 539. The van der Waals surface area contributed by atoms with Crippen molar-refractivity contribution in [2.75, 3.05) is 0 Å². The van der Waals surface area contributed by atoms with Gasteiger partial charge >= 0.3 is 0 Å². The van der Waals surface area contributed by atoms with Crippen LogP contribution in [-0.2, 0) is 6.42 Å². The maximum absolute atomic E-state index is 9.59. The van der Waals surface area contributed by atoms with Crippen LogP contribution in [0.5, 0.6) is 11.5 Å². The fourth-order valence-corrected chi connectivity index (χ4v) is 4.41. The lowest BCUT2D eigenvalue weighted by molar-refractivity contribution is 0.142. The zero-order valence-corrected chi connectivity index (χ0v) is 18.2. The Kier molecular flexibility index (Phi) is 9.51. The van der Waals surface area contributed by atoms with Crippen LogP contribution in [0.1, 0.15) is 97.5 Å². The van der Waals surface area contributed by atoms with Gasteiger partial charge in [0.05, 0.1) is 6.10 Å². The molecule has 1 aliphatic rings. The standard InChI is InChI=1S/C25H42O2/c1-5-6-7-11-20(3)21(4)12-9-8-10-19(2)17-24-15-13-22-18-23(26)14-16-25(22)27-24/h14,16,18-21,24,26H,5-13,15,17H2,1-4H3. The molecule has 0 spiro atoms. The Morgan fingerprint density at radius 1 is 1.00 bits per heavy atom. The number of fused-ring (bicyclic) bond motifs is 1. The molecule has 154 valence electrons. The molecule has 4 atom stereocenters. The highest BCUT2D eigenvalue weighted by Crippen LogP contribution is 2.33. The summed E-state index contributed by atoms with van der Waals surface area (Å²) in [5.41, 5.74) is 1.15. The summed E-state index contributed by atoms with van der Waals surface area (Å²) >= 11 is 0. The maximum atomic E-state index is 9.59. The van der Waals surface area contributed by atoms with Crippen LogP contribution in [0.3, 0.4) is 0 Å². The first kappa shape index (κ1) is 22.1. The Hall–Kier alpha value is -1.18. The quantitative estimate of drug-likeness (QED) is 0.383. The van der Waals surface area contributed by atoms with Crippen LogP contribution < -0.4 is 4.74 Å². The Labute approximate surface area is 167 Å². The molecule has 27 heavy (non-hydrogen) atoms. The minimum atomic E-state index is 0.342. The van der Waals surface area contributed by atoms with Gasteiger partial charge in [0.15, 0.2) is 0 Å². The molecule has 1 heterocycles. The molecular formula is C25H42O2. The summed E-state index contributed by atoms with van der Waals surface area (Å²) in [5.74, 6) is 3.79. The van der Waals surface area contributed by atoms with Crippen molar-refractivity contribution in [1.82, 2.24) is 0 Å². The van der Waals surface area contributed by atoms with Crippen molar-refractivity contribution in [2.24, 2.45) is 17.8 Å². The maximum Gasteiger partial charge on any atom is 0.123 e. The summed E-state index contributed by atoms with van der Waals surface area (Å²) in [6.45, 7) is 9.57. The monoisotopic (exact) mass is 374 g/mol. The molecule has 4 unspecified atom stereocenters. The number of unbranched alkanes of at least 4 members (excludes halogenated alkanes) is 3. The lowest BCUT2D eigenvalue weighted by Crippen LogP contribution is -2.24. The van der Waals surface area contributed by atoms with Gasteiger partial charge < -0.3 is 9.84 Å². The molecule has 1 N–H and O–H groups in total. The van der Waals surface area contributed by atoms with Crippen LogP contribution in [0.4, 0.5) is 0 Å². The summed E-state index contributed by atoms with van der Waals surface area (Å²) < 4.78 is 6.17. The molecule has 1 aromatic rings. The third-order valence-corrected chi connectivity index (χ3v) is 6.58. The van der Waals surface area contributed by atoms with E-state index in [1.54, 1.807) is 6.07 Å². The fraction of sp³-hybridized carbons (Fsp3) is 0.760. The first-order chi connectivity index (χ1) is 13.0. The minimum absolute atomic E-state index is 0.342. The summed E-state index contributed by atoms with van der Waals surface area (Å²) in [6.07, 6.45) is 14.6. The van der Waals surface area contributed by atoms with Gasteiger partial charge in [-0.1, -0.05) is 79.1 Å². The average molecular weight is 375 g/mol. The second-order valence-electron chi connectivity index (χ2n) is 9.15. The number of phenols is 1. The molecule has 0 fully saturated rings. The first-order valence-corrected chi connectivity index (χ1v) is 11.5. The topological polar surface area (TPSA) is 29.5 Å². The molecule has 2 heteroatoms. The van der Waals surface area contributed by atoms with Gasteiger partial charge in [-0.15, -0.1) is 0 Å². The summed E-state index contributed by atoms with van der Waals surface area (Å²) in [5, 5.41) is 9.59. The van der Waals surface area contributed by atoms with Gasteiger partial charge in [0.1, 0.15) is 11.5 Å². The molecule has 2 nitrogen and oxygen atoms in total. The van der Waals surface area contributed by atoms with E-state index in [1.165, 1.54) is 51.4 Å². The van der Waals surface area contributed by atoms with Gasteiger partial charge in [-0.3, -0.25) is 0 Å². The molecule has 0 radical (unpaired) electrons. The fourth-order valence-electron chi connectivity index (χ4n) is 4.41. The van der Waals surface area contributed by atoms with Gasteiger partial charge in [-0.25, -0.2) is 0 Å². The highest BCUT2D eigenvalue weighted by Gasteiger charge is 2.22. The Morgan fingerprint density at radius 2 is 1.67 bits per heavy atom. The molecule has 0 aliphatic carbocycles. The van der Waals surface area contributed by atoms with Crippen LogP contribution >= 0.6 is 0 Å². The van der Waals surface area contributed by atoms with Gasteiger partial charge in [-0.2, -0.15) is 0 Å². The van der Waals surface area contributed by atoms with Gasteiger partial charge in [0.25, 0.3) is 0 Å². The summed E-state index contributed by atoms with van der Waals surface area (Å²) in [4.78, 5) is 0. The molecule has 0 bridgehead atoms. The van der Waals surface area contributed by atoms with Crippen LogP contribution in [-0.4, -0.2) is 11.2 Å². The Balaban J connectivity index is 1.60. The van der Waals surface area contributed by atoms with Crippen molar-refractivity contribution in [1.29, 1.82) is 0 Å². The number of benzene rings is 1. The molecule has 0 amide bonds. The highest BCUT2D eigenvalue weighted by atomic mass is 16.5. The lowest BCUT2D eigenvalue weighted by Gasteiger charge is -2.28. The number of phenolic OH excluding ortho intramolecular Hbond substituents is 1. The lowest BCUT2D eigenvalue weighted by atomic mass is 9.86. The molecule has 2 rings (SSSR count). The van der Waals surface area contributed by atoms with E-state index in [-0.39, 0.29) is 0 Å². The van der Waals surface area contributed by atoms with Crippen LogP contribution in [0, 0.1) is 17.8 Å². The van der Waals surface area contributed by atoms with Crippen molar-refractivity contribution < 1.29 is 9.84 Å². The van der Waals surface area contributed by atoms with Crippen LogP contribution in [0.2, 0.25) is 0 Å². The van der Waals surface area contributed by atoms with E-state index < -0.39 is 0 Å². The summed E-state index contributed by atoms with van der Waals surface area (Å²) in [7, 11) is 0.